The highest BCUT2D eigenvalue weighted by atomic mass is 32.1. The molecule has 0 aromatic carbocycles. The summed E-state index contributed by atoms with van der Waals surface area (Å²) in [5.74, 6) is -1.21. The number of hydrogen-bond acceptors (Lipinski definition) is 5. The molecule has 1 aromatic heterocycles. The highest BCUT2D eigenvalue weighted by Crippen LogP contribution is 2.10. The molecule has 0 aliphatic carbocycles. The monoisotopic (exact) mass is 210 g/mol. The fourth-order valence-electron chi connectivity index (χ4n) is 0.972. The number of ether oxygens (including phenoxy) is 1. The van der Waals surface area contributed by atoms with Gasteiger partial charge in [-0.3, -0.25) is 4.79 Å². The lowest BCUT2D eigenvalue weighted by atomic mass is 10.1. The summed E-state index contributed by atoms with van der Waals surface area (Å²) in [4.78, 5) is 15.2. The fraction of sp³-hybridized carbons (Fsp3) is 0.444. The highest BCUT2D eigenvalue weighted by molar-refractivity contribution is 7.07. The lowest BCUT2D eigenvalue weighted by Crippen LogP contribution is -2.18. The Hall–Kier alpha value is -1.41. The first-order chi connectivity index (χ1) is 6.77. The van der Waals surface area contributed by atoms with Gasteiger partial charge in [0.2, 0.25) is 0 Å². The lowest BCUT2D eigenvalue weighted by molar-refractivity contribution is -0.145. The molecule has 0 N–H and O–H groups in total. The minimum absolute atomic E-state index is 0.300. The van der Waals surface area contributed by atoms with Crippen LogP contribution in [-0.2, 0) is 16.0 Å². The Kier molecular flexibility index (Phi) is 4.08. The molecule has 1 heterocycles. The third-order valence-corrected chi connectivity index (χ3v) is 2.26. The van der Waals surface area contributed by atoms with Gasteiger partial charge in [-0.15, -0.1) is 11.3 Å². The molecule has 0 spiro atoms. The second-order valence-corrected chi connectivity index (χ2v) is 3.34. The van der Waals surface area contributed by atoms with Crippen LogP contribution in [0.25, 0.3) is 0 Å². The van der Waals surface area contributed by atoms with E-state index in [1.165, 1.54) is 11.3 Å². The summed E-state index contributed by atoms with van der Waals surface area (Å²) in [6.45, 7) is 2.02. The third kappa shape index (κ3) is 2.82. The van der Waals surface area contributed by atoms with E-state index in [-0.39, 0.29) is 0 Å². The second-order valence-electron chi connectivity index (χ2n) is 2.62. The van der Waals surface area contributed by atoms with E-state index < -0.39 is 11.9 Å². The molecular formula is C9H10N2O2S. The molecular weight excluding hydrogens is 200 g/mol. The first-order valence-corrected chi connectivity index (χ1v) is 5.15. The van der Waals surface area contributed by atoms with Crippen molar-refractivity contribution >= 4 is 17.3 Å². The zero-order valence-electron chi connectivity index (χ0n) is 7.77. The average Bonchev–Trinajstić information content (AvgIpc) is 2.66. The Labute approximate surface area is 86.1 Å². The molecule has 0 saturated carbocycles. The van der Waals surface area contributed by atoms with Gasteiger partial charge in [0, 0.05) is 11.8 Å². The Balaban J connectivity index is 2.56. The van der Waals surface area contributed by atoms with E-state index in [1.807, 2.05) is 11.4 Å². The number of carbonyl (C=O) groups excluding carboxylic acids is 1. The molecule has 74 valence electrons. The number of rotatable bonds is 4. The van der Waals surface area contributed by atoms with E-state index in [4.69, 9.17) is 10.00 Å². The average molecular weight is 210 g/mol. The van der Waals surface area contributed by atoms with Crippen LogP contribution in [0.2, 0.25) is 0 Å². The molecule has 1 rings (SSSR count). The van der Waals surface area contributed by atoms with Crippen molar-refractivity contribution in [3.05, 3.63) is 16.6 Å². The summed E-state index contributed by atoms with van der Waals surface area (Å²) in [7, 11) is 0. The fourth-order valence-corrected chi connectivity index (χ4v) is 1.54. The van der Waals surface area contributed by atoms with E-state index in [2.05, 4.69) is 4.98 Å². The van der Waals surface area contributed by atoms with Crippen molar-refractivity contribution in [1.29, 1.82) is 5.26 Å². The molecule has 1 unspecified atom stereocenters. The SMILES string of the molecule is CCOC(=O)C(C#N)Cc1cscn1. The molecule has 4 nitrogen and oxygen atoms in total. The maximum Gasteiger partial charge on any atom is 0.323 e. The summed E-state index contributed by atoms with van der Waals surface area (Å²) in [6.07, 6.45) is 0.332. The maximum atomic E-state index is 11.2. The number of aromatic nitrogens is 1. The van der Waals surface area contributed by atoms with Gasteiger partial charge in [-0.05, 0) is 6.92 Å². The molecule has 0 bridgehead atoms. The summed E-state index contributed by atoms with van der Waals surface area (Å²) in [5.41, 5.74) is 2.43. The smallest absolute Gasteiger partial charge is 0.323 e. The van der Waals surface area contributed by atoms with Crippen molar-refractivity contribution in [3.8, 4) is 6.07 Å². The van der Waals surface area contributed by atoms with Gasteiger partial charge in [-0.1, -0.05) is 0 Å². The Morgan fingerprint density at radius 3 is 3.14 bits per heavy atom. The first-order valence-electron chi connectivity index (χ1n) is 4.21. The molecule has 5 heteroatoms. The molecule has 1 aromatic rings. The van der Waals surface area contributed by atoms with Crippen LogP contribution in [0.3, 0.4) is 0 Å². The van der Waals surface area contributed by atoms with Gasteiger partial charge in [-0.25, -0.2) is 4.98 Å². The van der Waals surface area contributed by atoms with Crippen LogP contribution >= 0.6 is 11.3 Å². The van der Waals surface area contributed by atoms with Crippen molar-refractivity contribution in [2.24, 2.45) is 5.92 Å². The van der Waals surface area contributed by atoms with Crippen molar-refractivity contribution in [2.45, 2.75) is 13.3 Å². The summed E-state index contributed by atoms with van der Waals surface area (Å²) < 4.78 is 4.76. The quantitative estimate of drug-likeness (QED) is 0.704. The standard InChI is InChI=1S/C9H10N2O2S/c1-2-13-9(12)7(4-10)3-8-5-14-6-11-8/h5-7H,2-3H2,1H3. The molecule has 14 heavy (non-hydrogen) atoms. The van der Waals surface area contributed by atoms with E-state index in [9.17, 15) is 4.79 Å². The van der Waals surface area contributed by atoms with Crippen molar-refractivity contribution in [3.63, 3.8) is 0 Å². The summed E-state index contributed by atoms with van der Waals surface area (Å²) in [6, 6.07) is 1.92. The zero-order chi connectivity index (χ0) is 10.4. The van der Waals surface area contributed by atoms with Crippen molar-refractivity contribution < 1.29 is 9.53 Å². The van der Waals surface area contributed by atoms with Crippen molar-refractivity contribution in [1.82, 2.24) is 4.98 Å². The first kappa shape index (κ1) is 10.7. The molecule has 0 radical (unpaired) electrons. The van der Waals surface area contributed by atoms with Gasteiger partial charge in [0.15, 0.2) is 0 Å². The predicted molar refractivity (Wildman–Crippen MR) is 51.6 cm³/mol. The van der Waals surface area contributed by atoms with Gasteiger partial charge in [-0.2, -0.15) is 5.26 Å². The van der Waals surface area contributed by atoms with Gasteiger partial charge in [0.25, 0.3) is 0 Å². The molecule has 0 aliphatic heterocycles. The molecule has 0 saturated heterocycles. The number of carbonyl (C=O) groups is 1. The number of thiazole rings is 1. The summed E-state index contributed by atoms with van der Waals surface area (Å²) >= 11 is 1.44. The van der Waals surface area contributed by atoms with Crippen LogP contribution in [0, 0.1) is 17.2 Å². The van der Waals surface area contributed by atoms with Crippen LogP contribution in [0.5, 0.6) is 0 Å². The third-order valence-electron chi connectivity index (χ3n) is 1.62. The topological polar surface area (TPSA) is 63.0 Å². The Morgan fingerprint density at radius 1 is 1.86 bits per heavy atom. The minimum atomic E-state index is -0.739. The summed E-state index contributed by atoms with van der Waals surface area (Å²) in [5, 5.41) is 10.6. The van der Waals surface area contributed by atoms with E-state index in [1.54, 1.807) is 12.4 Å². The normalized spacial score (nSPS) is 11.7. The van der Waals surface area contributed by atoms with E-state index in [0.29, 0.717) is 13.0 Å². The van der Waals surface area contributed by atoms with Gasteiger partial charge >= 0.3 is 5.97 Å². The number of nitrogens with zero attached hydrogens (tertiary/aromatic N) is 2. The van der Waals surface area contributed by atoms with Crippen LogP contribution in [0.1, 0.15) is 12.6 Å². The number of esters is 1. The highest BCUT2D eigenvalue weighted by Gasteiger charge is 2.20. The van der Waals surface area contributed by atoms with Crippen LogP contribution < -0.4 is 0 Å². The van der Waals surface area contributed by atoms with Gasteiger partial charge in [0.05, 0.1) is 23.9 Å². The zero-order valence-corrected chi connectivity index (χ0v) is 8.58. The molecule has 0 aliphatic rings. The number of nitriles is 1. The largest absolute Gasteiger partial charge is 0.465 e. The Morgan fingerprint density at radius 2 is 2.64 bits per heavy atom. The Bertz CT molecular complexity index is 329. The van der Waals surface area contributed by atoms with E-state index in [0.717, 1.165) is 5.69 Å². The maximum absolute atomic E-state index is 11.2. The minimum Gasteiger partial charge on any atom is -0.465 e. The predicted octanol–water partition coefficient (Wildman–Crippen LogP) is 1.39. The molecule has 0 fully saturated rings. The van der Waals surface area contributed by atoms with Gasteiger partial charge in [0.1, 0.15) is 5.92 Å². The molecule has 0 amide bonds. The number of hydrogen-bond donors (Lipinski definition) is 0. The van der Waals surface area contributed by atoms with Crippen LogP contribution in [0.4, 0.5) is 0 Å². The second kappa shape index (κ2) is 5.35. The molecule has 1 atom stereocenters. The van der Waals surface area contributed by atoms with Crippen molar-refractivity contribution in [2.75, 3.05) is 6.61 Å². The van der Waals surface area contributed by atoms with Gasteiger partial charge < -0.3 is 4.74 Å². The van der Waals surface area contributed by atoms with E-state index >= 15 is 0 Å². The lowest BCUT2D eigenvalue weighted by Gasteiger charge is -2.05. The van der Waals surface area contributed by atoms with Crippen LogP contribution in [-0.4, -0.2) is 17.6 Å². The van der Waals surface area contributed by atoms with Crippen LogP contribution in [0.15, 0.2) is 10.9 Å².